The second kappa shape index (κ2) is 8.62. The molecule has 1 unspecified atom stereocenters. The standard InChI is InChI=1S/C16H27N5/c1-3-21-11-5-7-15(21)13-20-16(17-2)19-10-8-14-6-4-9-18-12-14/h4,6,9,12,15H,3,5,7-8,10-11,13H2,1-2H3,(H2,17,19,20). The summed E-state index contributed by atoms with van der Waals surface area (Å²) in [6.07, 6.45) is 7.27. The van der Waals surface area contributed by atoms with Crippen LogP contribution in [0.15, 0.2) is 29.5 Å². The van der Waals surface area contributed by atoms with Crippen LogP contribution in [0.1, 0.15) is 25.3 Å². The fraction of sp³-hybridized carbons (Fsp3) is 0.625. The SMILES string of the molecule is CCN1CCCC1CNC(=NC)NCCc1cccnc1. The first-order valence-corrected chi connectivity index (χ1v) is 7.91. The van der Waals surface area contributed by atoms with Crippen LogP contribution >= 0.6 is 0 Å². The fourth-order valence-electron chi connectivity index (χ4n) is 2.85. The molecule has 1 aromatic rings. The average Bonchev–Trinajstić information content (AvgIpc) is 2.99. The Bertz CT molecular complexity index is 432. The molecule has 0 amide bonds. The molecule has 0 radical (unpaired) electrons. The lowest BCUT2D eigenvalue weighted by molar-refractivity contribution is 0.267. The Morgan fingerprint density at radius 3 is 3.10 bits per heavy atom. The van der Waals surface area contributed by atoms with Crippen LogP contribution in [0.25, 0.3) is 0 Å². The molecule has 21 heavy (non-hydrogen) atoms. The number of aliphatic imine (C=N–C) groups is 1. The normalized spacial score (nSPS) is 19.7. The van der Waals surface area contributed by atoms with Gasteiger partial charge < -0.3 is 10.6 Å². The molecule has 0 bridgehead atoms. The number of nitrogens with zero attached hydrogens (tertiary/aromatic N) is 3. The highest BCUT2D eigenvalue weighted by Crippen LogP contribution is 2.15. The van der Waals surface area contributed by atoms with Crippen LogP contribution < -0.4 is 10.6 Å². The number of guanidine groups is 1. The average molecular weight is 289 g/mol. The molecule has 5 nitrogen and oxygen atoms in total. The first kappa shape index (κ1) is 15.8. The van der Waals surface area contributed by atoms with Gasteiger partial charge in [0.15, 0.2) is 5.96 Å². The molecule has 1 saturated heterocycles. The van der Waals surface area contributed by atoms with Gasteiger partial charge in [-0.2, -0.15) is 0 Å². The van der Waals surface area contributed by atoms with Gasteiger partial charge in [0.1, 0.15) is 0 Å². The third kappa shape index (κ3) is 5.01. The molecule has 0 saturated carbocycles. The summed E-state index contributed by atoms with van der Waals surface area (Å²) in [6, 6.07) is 4.72. The molecular weight excluding hydrogens is 262 g/mol. The zero-order chi connectivity index (χ0) is 14.9. The third-order valence-electron chi connectivity index (χ3n) is 4.06. The van der Waals surface area contributed by atoms with E-state index < -0.39 is 0 Å². The number of hydrogen-bond donors (Lipinski definition) is 2. The number of nitrogens with one attached hydrogen (secondary N) is 2. The van der Waals surface area contributed by atoms with Crippen molar-refractivity contribution in [3.8, 4) is 0 Å². The maximum absolute atomic E-state index is 4.29. The Morgan fingerprint density at radius 2 is 2.38 bits per heavy atom. The molecule has 5 heteroatoms. The number of rotatable bonds is 6. The predicted molar refractivity (Wildman–Crippen MR) is 87.6 cm³/mol. The Balaban J connectivity index is 1.69. The molecule has 1 fully saturated rings. The monoisotopic (exact) mass is 289 g/mol. The fourth-order valence-corrected chi connectivity index (χ4v) is 2.85. The van der Waals surface area contributed by atoms with E-state index in [0.29, 0.717) is 6.04 Å². The smallest absolute Gasteiger partial charge is 0.191 e. The lowest BCUT2D eigenvalue weighted by Crippen LogP contribution is -2.45. The van der Waals surface area contributed by atoms with Gasteiger partial charge in [-0.05, 0) is 44.0 Å². The van der Waals surface area contributed by atoms with E-state index in [1.165, 1.54) is 24.9 Å². The lowest BCUT2D eigenvalue weighted by Gasteiger charge is -2.23. The Morgan fingerprint density at radius 1 is 1.48 bits per heavy atom. The van der Waals surface area contributed by atoms with Crippen molar-refractivity contribution in [2.75, 3.05) is 33.2 Å². The van der Waals surface area contributed by atoms with Gasteiger partial charge in [0.05, 0.1) is 0 Å². The van der Waals surface area contributed by atoms with Crippen LogP contribution in [-0.2, 0) is 6.42 Å². The molecule has 1 aromatic heterocycles. The second-order valence-corrected chi connectivity index (χ2v) is 5.42. The van der Waals surface area contributed by atoms with Gasteiger partial charge in [-0.25, -0.2) is 0 Å². The minimum atomic E-state index is 0.645. The maximum Gasteiger partial charge on any atom is 0.191 e. The van der Waals surface area contributed by atoms with Gasteiger partial charge in [0.2, 0.25) is 0 Å². The molecule has 1 aliphatic rings. The van der Waals surface area contributed by atoms with Crippen LogP contribution in [0, 0.1) is 0 Å². The first-order valence-electron chi connectivity index (χ1n) is 7.91. The Labute approximate surface area is 127 Å². The molecule has 116 valence electrons. The van der Waals surface area contributed by atoms with Crippen molar-refractivity contribution in [3.05, 3.63) is 30.1 Å². The van der Waals surface area contributed by atoms with Gasteiger partial charge in [-0.3, -0.25) is 14.9 Å². The van der Waals surface area contributed by atoms with Crippen LogP contribution in [-0.4, -0.2) is 55.1 Å². The van der Waals surface area contributed by atoms with Crippen molar-refractivity contribution in [1.82, 2.24) is 20.5 Å². The molecule has 0 spiro atoms. The molecule has 1 aliphatic heterocycles. The van der Waals surface area contributed by atoms with Gasteiger partial charge in [0, 0.05) is 38.6 Å². The summed E-state index contributed by atoms with van der Waals surface area (Å²) in [5.41, 5.74) is 1.24. The minimum Gasteiger partial charge on any atom is -0.356 e. The third-order valence-corrected chi connectivity index (χ3v) is 4.06. The largest absolute Gasteiger partial charge is 0.356 e. The highest BCUT2D eigenvalue weighted by Gasteiger charge is 2.22. The Hall–Kier alpha value is -1.62. The number of likely N-dealkylation sites (N-methyl/N-ethyl adjacent to an activating group) is 1. The van der Waals surface area contributed by atoms with Gasteiger partial charge in [-0.15, -0.1) is 0 Å². The van der Waals surface area contributed by atoms with E-state index in [9.17, 15) is 0 Å². The van der Waals surface area contributed by atoms with E-state index >= 15 is 0 Å². The number of hydrogen-bond acceptors (Lipinski definition) is 3. The highest BCUT2D eigenvalue weighted by atomic mass is 15.2. The summed E-state index contributed by atoms with van der Waals surface area (Å²) in [6.45, 7) is 6.45. The highest BCUT2D eigenvalue weighted by molar-refractivity contribution is 5.79. The van der Waals surface area contributed by atoms with E-state index in [4.69, 9.17) is 0 Å². The predicted octanol–water partition coefficient (Wildman–Crippen LogP) is 1.27. The van der Waals surface area contributed by atoms with Crippen LogP contribution in [0.4, 0.5) is 0 Å². The molecule has 0 aliphatic carbocycles. The number of pyridine rings is 1. The van der Waals surface area contributed by atoms with E-state index in [1.807, 2.05) is 19.3 Å². The van der Waals surface area contributed by atoms with Crippen LogP contribution in [0.2, 0.25) is 0 Å². The van der Waals surface area contributed by atoms with Crippen molar-refractivity contribution in [2.45, 2.75) is 32.2 Å². The molecule has 0 aromatic carbocycles. The van der Waals surface area contributed by atoms with E-state index in [1.54, 1.807) is 6.20 Å². The quantitative estimate of drug-likeness (QED) is 0.612. The maximum atomic E-state index is 4.29. The molecular formula is C16H27N5. The second-order valence-electron chi connectivity index (χ2n) is 5.42. The minimum absolute atomic E-state index is 0.645. The van der Waals surface area contributed by atoms with Crippen LogP contribution in [0.3, 0.4) is 0 Å². The van der Waals surface area contributed by atoms with Crippen molar-refractivity contribution in [1.29, 1.82) is 0 Å². The van der Waals surface area contributed by atoms with E-state index in [-0.39, 0.29) is 0 Å². The van der Waals surface area contributed by atoms with E-state index in [2.05, 4.69) is 38.5 Å². The van der Waals surface area contributed by atoms with E-state index in [0.717, 1.165) is 32.0 Å². The topological polar surface area (TPSA) is 52.5 Å². The van der Waals surface area contributed by atoms with Crippen molar-refractivity contribution >= 4 is 5.96 Å². The summed E-state index contributed by atoms with van der Waals surface area (Å²) in [5, 5.41) is 6.81. The number of likely N-dealkylation sites (tertiary alicyclic amines) is 1. The summed E-state index contributed by atoms with van der Waals surface area (Å²) >= 11 is 0. The summed E-state index contributed by atoms with van der Waals surface area (Å²) in [7, 11) is 1.83. The van der Waals surface area contributed by atoms with Crippen molar-refractivity contribution < 1.29 is 0 Å². The van der Waals surface area contributed by atoms with Crippen molar-refractivity contribution in [2.24, 2.45) is 4.99 Å². The summed E-state index contributed by atoms with van der Waals surface area (Å²) < 4.78 is 0. The summed E-state index contributed by atoms with van der Waals surface area (Å²) in [5.74, 6) is 0.891. The Kier molecular flexibility index (Phi) is 6.47. The van der Waals surface area contributed by atoms with Gasteiger partial charge in [0.25, 0.3) is 0 Å². The van der Waals surface area contributed by atoms with Crippen LogP contribution in [0.5, 0.6) is 0 Å². The zero-order valence-corrected chi connectivity index (χ0v) is 13.2. The van der Waals surface area contributed by atoms with Gasteiger partial charge in [-0.1, -0.05) is 13.0 Å². The molecule has 2 rings (SSSR count). The number of aromatic nitrogens is 1. The summed E-state index contributed by atoms with van der Waals surface area (Å²) in [4.78, 5) is 11.0. The zero-order valence-electron chi connectivity index (χ0n) is 13.2. The van der Waals surface area contributed by atoms with Gasteiger partial charge >= 0.3 is 0 Å². The molecule has 2 N–H and O–H groups in total. The molecule has 1 atom stereocenters. The molecule has 2 heterocycles. The lowest BCUT2D eigenvalue weighted by atomic mass is 10.2. The first-order chi connectivity index (χ1) is 10.3. The van der Waals surface area contributed by atoms with Crippen molar-refractivity contribution in [3.63, 3.8) is 0 Å².